The summed E-state index contributed by atoms with van der Waals surface area (Å²) in [7, 11) is -1.80. The first-order chi connectivity index (χ1) is 10.4. The van der Waals surface area contributed by atoms with Gasteiger partial charge in [0.05, 0.1) is 5.25 Å². The summed E-state index contributed by atoms with van der Waals surface area (Å²) < 4.78 is 49.8. The second-order valence-corrected chi connectivity index (χ2v) is 8.08. The minimum Gasteiger partial charge on any atom is -0.338 e. The van der Waals surface area contributed by atoms with Crippen LogP contribution in [0.5, 0.6) is 0 Å². The van der Waals surface area contributed by atoms with Crippen molar-refractivity contribution in [3.63, 3.8) is 0 Å². The zero-order valence-corrected chi connectivity index (χ0v) is 14.6. The average molecular weight is 345 g/mol. The van der Waals surface area contributed by atoms with Crippen LogP contribution < -0.4 is 0 Å². The fraction of sp³-hybridized carbons (Fsp3) is 0.438. The van der Waals surface area contributed by atoms with Gasteiger partial charge in [-0.25, -0.2) is 17.2 Å². The van der Waals surface area contributed by atoms with Gasteiger partial charge in [0.25, 0.3) is 0 Å². The number of sulfone groups is 1. The van der Waals surface area contributed by atoms with Crippen molar-refractivity contribution in [2.24, 2.45) is 0 Å². The van der Waals surface area contributed by atoms with Gasteiger partial charge in [0.15, 0.2) is 9.84 Å². The number of carbonyl (C=O) groups excluding carboxylic acids is 1. The maximum atomic E-state index is 13.7. The Morgan fingerprint density at radius 3 is 2.30 bits per heavy atom. The van der Waals surface area contributed by atoms with Gasteiger partial charge in [0, 0.05) is 37.1 Å². The van der Waals surface area contributed by atoms with E-state index in [1.165, 1.54) is 37.9 Å². The minimum atomic E-state index is -3.29. The van der Waals surface area contributed by atoms with Gasteiger partial charge >= 0.3 is 0 Å². The highest BCUT2D eigenvalue weighted by molar-refractivity contribution is 7.91. The van der Waals surface area contributed by atoms with E-state index in [0.717, 1.165) is 18.4 Å². The topological polar surface area (TPSA) is 54.5 Å². The van der Waals surface area contributed by atoms with Crippen molar-refractivity contribution in [3.05, 3.63) is 41.5 Å². The van der Waals surface area contributed by atoms with E-state index < -0.39 is 38.7 Å². The lowest BCUT2D eigenvalue weighted by Crippen LogP contribution is -2.43. The molecule has 0 saturated heterocycles. The summed E-state index contributed by atoms with van der Waals surface area (Å²) >= 11 is 0. The van der Waals surface area contributed by atoms with Crippen molar-refractivity contribution in [3.8, 4) is 0 Å². The highest BCUT2D eigenvalue weighted by Crippen LogP contribution is 2.19. The van der Waals surface area contributed by atoms with Gasteiger partial charge in [-0.1, -0.05) is 0 Å². The normalized spacial score (nSPS) is 15.2. The molecule has 0 aliphatic carbocycles. The first kappa shape index (κ1) is 19.3. The molecule has 2 atom stereocenters. The van der Waals surface area contributed by atoms with E-state index in [0.29, 0.717) is 5.57 Å². The third-order valence-corrected chi connectivity index (χ3v) is 5.75. The summed E-state index contributed by atoms with van der Waals surface area (Å²) in [5, 5.41) is -0.729. The summed E-state index contributed by atoms with van der Waals surface area (Å²) in [5.74, 6) is -1.90. The summed E-state index contributed by atoms with van der Waals surface area (Å²) in [4.78, 5) is 13.5. The molecule has 0 bridgehead atoms. The van der Waals surface area contributed by atoms with Crippen LogP contribution in [-0.4, -0.2) is 43.8 Å². The summed E-state index contributed by atoms with van der Waals surface area (Å²) in [6.45, 7) is 4.69. The molecule has 0 N–H and O–H groups in total. The zero-order valence-electron chi connectivity index (χ0n) is 13.8. The molecule has 0 fully saturated rings. The molecule has 0 radical (unpaired) electrons. The van der Waals surface area contributed by atoms with Crippen molar-refractivity contribution >= 4 is 21.3 Å². The molecule has 7 heteroatoms. The molecule has 1 rings (SSSR count). The van der Waals surface area contributed by atoms with Crippen LogP contribution in [0.1, 0.15) is 26.3 Å². The van der Waals surface area contributed by atoms with Crippen LogP contribution in [0.15, 0.2) is 24.3 Å². The van der Waals surface area contributed by atoms with Crippen LogP contribution in [0.3, 0.4) is 0 Å². The number of halogens is 2. The summed E-state index contributed by atoms with van der Waals surface area (Å²) in [6.07, 6.45) is 2.32. The molecule has 1 aromatic carbocycles. The fourth-order valence-electron chi connectivity index (χ4n) is 2.05. The average Bonchev–Trinajstić information content (AvgIpc) is 2.43. The molecule has 0 unspecified atom stereocenters. The predicted molar refractivity (Wildman–Crippen MR) is 86.5 cm³/mol. The Morgan fingerprint density at radius 2 is 1.83 bits per heavy atom. The van der Waals surface area contributed by atoms with E-state index >= 15 is 0 Å². The number of carbonyl (C=O) groups is 1. The Kier molecular flexibility index (Phi) is 6.04. The van der Waals surface area contributed by atoms with E-state index in [-0.39, 0.29) is 5.56 Å². The zero-order chi connectivity index (χ0) is 17.9. The lowest BCUT2D eigenvalue weighted by Gasteiger charge is -2.28. The van der Waals surface area contributed by atoms with Crippen LogP contribution in [0.2, 0.25) is 0 Å². The quantitative estimate of drug-likeness (QED) is 0.771. The van der Waals surface area contributed by atoms with Crippen molar-refractivity contribution in [1.29, 1.82) is 0 Å². The van der Waals surface area contributed by atoms with E-state index in [2.05, 4.69) is 0 Å². The fourth-order valence-corrected chi connectivity index (χ4v) is 2.95. The molecule has 1 aromatic rings. The summed E-state index contributed by atoms with van der Waals surface area (Å²) in [5.41, 5.74) is 0.454. The number of benzene rings is 1. The standard InChI is InChI=1S/C16H21F2NO3S/c1-10(14-7-6-13(17)9-15(14)18)8-16(20)19(4)11(2)12(3)23(5,21)22/h6-9,11-12H,1-5H3/b10-8-/t11-,12+/m0/s1. The monoisotopic (exact) mass is 345 g/mol. The Labute approximate surface area is 135 Å². The van der Waals surface area contributed by atoms with Crippen molar-refractivity contribution in [2.45, 2.75) is 32.1 Å². The molecule has 0 aliphatic heterocycles. The Bertz CT molecular complexity index is 729. The third-order valence-electron chi connectivity index (χ3n) is 4.01. The highest BCUT2D eigenvalue weighted by atomic mass is 32.2. The Morgan fingerprint density at radius 1 is 1.26 bits per heavy atom. The molecule has 0 spiro atoms. The molecule has 23 heavy (non-hydrogen) atoms. The molecule has 0 aliphatic rings. The van der Waals surface area contributed by atoms with Crippen LogP contribution in [0.4, 0.5) is 8.78 Å². The van der Waals surface area contributed by atoms with E-state index in [1.807, 2.05) is 0 Å². The Balaban J connectivity index is 3.00. The molecular formula is C16H21F2NO3S. The molecule has 128 valence electrons. The van der Waals surface area contributed by atoms with Crippen molar-refractivity contribution in [2.75, 3.05) is 13.3 Å². The third kappa shape index (κ3) is 4.86. The lowest BCUT2D eigenvalue weighted by atomic mass is 10.1. The number of likely N-dealkylation sites (N-methyl/N-ethyl adjacent to an activating group) is 1. The largest absolute Gasteiger partial charge is 0.338 e. The van der Waals surface area contributed by atoms with E-state index in [4.69, 9.17) is 0 Å². The van der Waals surface area contributed by atoms with E-state index in [1.54, 1.807) is 6.92 Å². The maximum Gasteiger partial charge on any atom is 0.246 e. The van der Waals surface area contributed by atoms with Crippen LogP contribution in [-0.2, 0) is 14.6 Å². The van der Waals surface area contributed by atoms with E-state index in [9.17, 15) is 22.0 Å². The maximum absolute atomic E-state index is 13.7. The first-order valence-electron chi connectivity index (χ1n) is 7.04. The van der Waals surface area contributed by atoms with Gasteiger partial charge in [0.2, 0.25) is 5.91 Å². The number of amides is 1. The van der Waals surface area contributed by atoms with Crippen molar-refractivity contribution in [1.82, 2.24) is 4.90 Å². The lowest BCUT2D eigenvalue weighted by molar-refractivity contribution is -0.126. The molecule has 0 saturated carbocycles. The van der Waals surface area contributed by atoms with Gasteiger partial charge < -0.3 is 4.90 Å². The molecule has 4 nitrogen and oxygen atoms in total. The molecule has 0 aromatic heterocycles. The highest BCUT2D eigenvalue weighted by Gasteiger charge is 2.27. The van der Waals surface area contributed by atoms with Gasteiger partial charge in [-0.05, 0) is 38.5 Å². The number of nitrogens with zero attached hydrogens (tertiary/aromatic N) is 1. The number of hydrogen-bond donors (Lipinski definition) is 0. The van der Waals surface area contributed by atoms with Gasteiger partial charge in [-0.15, -0.1) is 0 Å². The number of allylic oxidation sites excluding steroid dienone is 1. The smallest absolute Gasteiger partial charge is 0.246 e. The predicted octanol–water partition coefficient (Wildman–Crippen LogP) is 2.65. The van der Waals surface area contributed by atoms with Gasteiger partial charge in [-0.3, -0.25) is 4.79 Å². The van der Waals surface area contributed by atoms with Gasteiger partial charge in [-0.2, -0.15) is 0 Å². The minimum absolute atomic E-state index is 0.122. The van der Waals surface area contributed by atoms with Crippen LogP contribution >= 0.6 is 0 Å². The van der Waals surface area contributed by atoms with Crippen LogP contribution in [0, 0.1) is 11.6 Å². The van der Waals surface area contributed by atoms with Gasteiger partial charge in [0.1, 0.15) is 11.6 Å². The SMILES string of the molecule is C/C(=C/C(=O)N(C)[C@@H](C)[C@@H](C)S(C)(=O)=O)c1ccc(F)cc1F. The number of rotatable bonds is 5. The first-order valence-corrected chi connectivity index (χ1v) is 9.00. The second kappa shape index (κ2) is 7.21. The second-order valence-electron chi connectivity index (χ2n) is 5.68. The molecule has 0 heterocycles. The summed E-state index contributed by atoms with van der Waals surface area (Å²) in [6, 6.07) is 2.57. The van der Waals surface area contributed by atoms with Crippen LogP contribution in [0.25, 0.3) is 5.57 Å². The number of hydrogen-bond acceptors (Lipinski definition) is 3. The molecule has 1 amide bonds. The molecular weight excluding hydrogens is 324 g/mol. The van der Waals surface area contributed by atoms with Crippen molar-refractivity contribution < 1.29 is 22.0 Å². The Hall–Kier alpha value is -1.76.